The molecule has 8 nitrogen and oxygen atoms in total. The highest BCUT2D eigenvalue weighted by atomic mass is 19.4. The Morgan fingerprint density at radius 2 is 1.31 bits per heavy atom. The van der Waals surface area contributed by atoms with E-state index in [-0.39, 0.29) is 11.9 Å². The van der Waals surface area contributed by atoms with Gasteiger partial charge in [0.2, 0.25) is 0 Å². The molecule has 0 aliphatic carbocycles. The molecule has 14 heteroatoms. The number of hydrogen-bond acceptors (Lipinski definition) is 5. The smallest absolute Gasteiger partial charge is 0.475 e. The van der Waals surface area contributed by atoms with Crippen molar-refractivity contribution in [3.05, 3.63) is 65.5 Å². The fraction of sp³-hybridized carbons (Fsp3) is 0.364. The molecule has 0 saturated heterocycles. The van der Waals surface area contributed by atoms with Crippen LogP contribution < -0.4 is 5.32 Å². The summed E-state index contributed by atoms with van der Waals surface area (Å²) in [5.41, 5.74) is 2.97. The third kappa shape index (κ3) is 13.3. The highest BCUT2D eigenvalue weighted by Crippen LogP contribution is 2.17. The maximum Gasteiger partial charge on any atom is 0.490 e. The first-order chi connectivity index (χ1) is 16.5. The Morgan fingerprint density at radius 3 is 1.64 bits per heavy atom. The predicted molar refractivity (Wildman–Crippen MR) is 116 cm³/mol. The zero-order chi connectivity index (χ0) is 28.1. The molecule has 2 rings (SSSR count). The van der Waals surface area contributed by atoms with E-state index in [1.807, 2.05) is 50.5 Å². The maximum atomic E-state index is 12.4. The van der Waals surface area contributed by atoms with Crippen LogP contribution in [0.2, 0.25) is 0 Å². The van der Waals surface area contributed by atoms with Crippen molar-refractivity contribution in [3.63, 3.8) is 0 Å². The first-order valence-electron chi connectivity index (χ1n) is 10.0. The van der Waals surface area contributed by atoms with Gasteiger partial charge >= 0.3 is 24.3 Å². The second-order valence-electron chi connectivity index (χ2n) is 7.26. The number of rotatable bonds is 6. The molecule has 1 unspecified atom stereocenters. The van der Waals surface area contributed by atoms with E-state index in [4.69, 9.17) is 19.8 Å². The van der Waals surface area contributed by atoms with Crippen LogP contribution in [0.4, 0.5) is 26.3 Å². The molecule has 0 aliphatic rings. The number of pyridine rings is 1. The monoisotopic (exact) mass is 525 g/mol. The van der Waals surface area contributed by atoms with Crippen LogP contribution in [0.5, 0.6) is 0 Å². The molecule has 1 aromatic heterocycles. The van der Waals surface area contributed by atoms with Crippen molar-refractivity contribution in [1.82, 2.24) is 15.2 Å². The number of hydrogen-bond donors (Lipinski definition) is 3. The topological polar surface area (TPSA) is 120 Å². The van der Waals surface area contributed by atoms with Crippen LogP contribution >= 0.6 is 0 Å². The van der Waals surface area contributed by atoms with Crippen LogP contribution in [-0.4, -0.2) is 64.4 Å². The Hall–Kier alpha value is -3.68. The van der Waals surface area contributed by atoms with Crippen molar-refractivity contribution < 1.29 is 50.9 Å². The van der Waals surface area contributed by atoms with E-state index in [0.717, 1.165) is 18.5 Å². The Balaban J connectivity index is 0.000000720. The lowest BCUT2D eigenvalue weighted by Gasteiger charge is -2.17. The number of aliphatic carboxylic acids is 2. The summed E-state index contributed by atoms with van der Waals surface area (Å²) in [5.74, 6) is -5.56. The van der Waals surface area contributed by atoms with Gasteiger partial charge in [-0.1, -0.05) is 19.1 Å². The molecule has 1 atom stereocenters. The molecular weight excluding hydrogens is 500 g/mol. The number of benzene rings is 1. The summed E-state index contributed by atoms with van der Waals surface area (Å²) in [5, 5.41) is 17.3. The van der Waals surface area contributed by atoms with E-state index in [1.54, 1.807) is 12.4 Å². The number of alkyl halides is 6. The van der Waals surface area contributed by atoms with Gasteiger partial charge in [-0.2, -0.15) is 26.3 Å². The van der Waals surface area contributed by atoms with Gasteiger partial charge in [0.15, 0.2) is 0 Å². The van der Waals surface area contributed by atoms with Crippen molar-refractivity contribution in [2.24, 2.45) is 0 Å². The molecule has 36 heavy (non-hydrogen) atoms. The lowest BCUT2D eigenvalue weighted by Crippen LogP contribution is -2.28. The highest BCUT2D eigenvalue weighted by Gasteiger charge is 2.38. The Morgan fingerprint density at radius 1 is 0.889 bits per heavy atom. The molecular formula is C22H25F6N3O5. The summed E-state index contributed by atoms with van der Waals surface area (Å²) in [6, 6.07) is 11.7. The average Bonchev–Trinajstić information content (AvgIpc) is 2.77. The zero-order valence-electron chi connectivity index (χ0n) is 19.4. The van der Waals surface area contributed by atoms with Crippen molar-refractivity contribution in [3.8, 4) is 0 Å². The SMILES string of the molecule is CCC(NC(=O)c1ccc(CN(C)C)cc1)c1ccncc1.O=C(O)C(F)(F)F.O=C(O)C(F)(F)F. The maximum absolute atomic E-state index is 12.4. The summed E-state index contributed by atoms with van der Waals surface area (Å²) in [6.45, 7) is 2.93. The Bertz CT molecular complexity index is 941. The molecule has 2 aromatic rings. The second kappa shape index (κ2) is 14.7. The number of nitrogens with zero attached hydrogens (tertiary/aromatic N) is 2. The molecule has 1 amide bonds. The number of halogens is 6. The minimum atomic E-state index is -5.08. The second-order valence-corrected chi connectivity index (χ2v) is 7.26. The number of carboxylic acids is 2. The van der Waals surface area contributed by atoms with Gasteiger partial charge < -0.3 is 20.4 Å². The number of amides is 1. The molecule has 0 saturated carbocycles. The lowest BCUT2D eigenvalue weighted by atomic mass is 10.0. The third-order valence-corrected chi connectivity index (χ3v) is 4.02. The van der Waals surface area contributed by atoms with E-state index >= 15 is 0 Å². The molecule has 3 N–H and O–H groups in total. The summed E-state index contributed by atoms with van der Waals surface area (Å²) in [4.78, 5) is 36.3. The largest absolute Gasteiger partial charge is 0.490 e. The van der Waals surface area contributed by atoms with Gasteiger partial charge in [0.25, 0.3) is 5.91 Å². The van der Waals surface area contributed by atoms with Crippen molar-refractivity contribution >= 4 is 17.8 Å². The molecule has 1 heterocycles. The first-order valence-corrected chi connectivity index (χ1v) is 10.0. The molecule has 1 aromatic carbocycles. The third-order valence-electron chi connectivity index (χ3n) is 4.02. The molecule has 0 bridgehead atoms. The quantitative estimate of drug-likeness (QED) is 0.482. The summed E-state index contributed by atoms with van der Waals surface area (Å²) in [7, 11) is 4.06. The molecule has 0 fully saturated rings. The van der Waals surface area contributed by atoms with E-state index < -0.39 is 24.3 Å². The van der Waals surface area contributed by atoms with Crippen LogP contribution in [0.1, 0.15) is 40.9 Å². The van der Waals surface area contributed by atoms with Crippen LogP contribution in [0.25, 0.3) is 0 Å². The molecule has 0 spiro atoms. The van der Waals surface area contributed by atoms with Crippen molar-refractivity contribution in [2.75, 3.05) is 14.1 Å². The fourth-order valence-corrected chi connectivity index (χ4v) is 2.39. The molecule has 200 valence electrons. The van der Waals surface area contributed by atoms with Gasteiger partial charge in [-0.15, -0.1) is 0 Å². The van der Waals surface area contributed by atoms with Crippen LogP contribution in [0.15, 0.2) is 48.8 Å². The molecule has 0 radical (unpaired) electrons. The summed E-state index contributed by atoms with van der Waals surface area (Å²) < 4.78 is 63.5. The van der Waals surface area contributed by atoms with E-state index in [2.05, 4.69) is 22.1 Å². The van der Waals surface area contributed by atoms with Crippen molar-refractivity contribution in [2.45, 2.75) is 38.3 Å². The minimum Gasteiger partial charge on any atom is -0.475 e. The number of carbonyl (C=O) groups excluding carboxylic acids is 1. The van der Waals surface area contributed by atoms with E-state index in [0.29, 0.717) is 5.56 Å². The molecule has 0 aliphatic heterocycles. The standard InChI is InChI=1S/C18H23N3O.2C2HF3O2/c1-4-17(15-9-11-19-12-10-15)20-18(22)16-7-5-14(6-8-16)13-21(2)3;2*3-2(4,5)1(6)7/h5-12,17H,4,13H2,1-3H3,(H,20,22);2*(H,6,7). The number of aromatic nitrogens is 1. The highest BCUT2D eigenvalue weighted by molar-refractivity contribution is 5.94. The Labute approximate surface area is 202 Å². The summed E-state index contributed by atoms with van der Waals surface area (Å²) in [6.07, 6.45) is -5.82. The van der Waals surface area contributed by atoms with Gasteiger partial charge in [-0.05, 0) is 55.9 Å². The number of carboxylic acid groups (broad SMARTS) is 2. The summed E-state index contributed by atoms with van der Waals surface area (Å²) >= 11 is 0. The van der Waals surface area contributed by atoms with E-state index in [1.165, 1.54) is 5.56 Å². The van der Waals surface area contributed by atoms with E-state index in [9.17, 15) is 31.1 Å². The van der Waals surface area contributed by atoms with Crippen LogP contribution in [0, 0.1) is 0 Å². The van der Waals surface area contributed by atoms with Gasteiger partial charge in [0.1, 0.15) is 0 Å². The van der Waals surface area contributed by atoms with Gasteiger partial charge in [-0.25, -0.2) is 9.59 Å². The van der Waals surface area contributed by atoms with Gasteiger partial charge in [0.05, 0.1) is 6.04 Å². The van der Waals surface area contributed by atoms with Crippen LogP contribution in [-0.2, 0) is 16.1 Å². The average molecular weight is 525 g/mol. The number of nitrogens with one attached hydrogen (secondary N) is 1. The number of carbonyl (C=O) groups is 3. The zero-order valence-corrected chi connectivity index (χ0v) is 19.4. The first kappa shape index (κ1) is 32.3. The predicted octanol–water partition coefficient (Wildman–Crippen LogP) is 4.29. The Kier molecular flexibility index (Phi) is 13.2. The fourth-order valence-electron chi connectivity index (χ4n) is 2.39. The normalized spacial score (nSPS) is 11.8. The van der Waals surface area contributed by atoms with Crippen LogP contribution in [0.3, 0.4) is 0 Å². The lowest BCUT2D eigenvalue weighted by molar-refractivity contribution is -0.193. The minimum absolute atomic E-state index is 0.0111. The van der Waals surface area contributed by atoms with Gasteiger partial charge in [-0.3, -0.25) is 9.78 Å². The van der Waals surface area contributed by atoms with Crippen molar-refractivity contribution in [1.29, 1.82) is 0 Å². The van der Waals surface area contributed by atoms with Gasteiger partial charge in [0, 0.05) is 24.5 Å².